The van der Waals surface area contributed by atoms with Crippen LogP contribution in [0.1, 0.15) is 32.6 Å². The van der Waals surface area contributed by atoms with E-state index < -0.39 is 6.09 Å². The molecule has 0 aromatic carbocycles. The van der Waals surface area contributed by atoms with E-state index in [2.05, 4.69) is 22.3 Å². The second-order valence-corrected chi connectivity index (χ2v) is 5.76. The smallest absolute Gasteiger partial charge is 0.407 e. The molecule has 2 saturated heterocycles. The molecule has 0 saturated carbocycles. The molecular weight excluding hydrogens is 258 g/mol. The lowest BCUT2D eigenvalue weighted by Gasteiger charge is -2.38. The molecule has 0 radical (unpaired) electrons. The number of nitrogens with zero attached hydrogens (tertiary/aromatic N) is 1. The van der Waals surface area contributed by atoms with Gasteiger partial charge in [0.2, 0.25) is 5.91 Å². The second kappa shape index (κ2) is 6.43. The molecule has 1 atom stereocenters. The van der Waals surface area contributed by atoms with E-state index in [0.29, 0.717) is 6.54 Å². The molecule has 114 valence electrons. The summed E-state index contributed by atoms with van der Waals surface area (Å²) in [6.07, 6.45) is 3.09. The van der Waals surface area contributed by atoms with Crippen molar-refractivity contribution in [2.24, 2.45) is 5.41 Å². The van der Waals surface area contributed by atoms with Crippen molar-refractivity contribution < 1.29 is 14.3 Å². The summed E-state index contributed by atoms with van der Waals surface area (Å²) >= 11 is 0. The third-order valence-corrected chi connectivity index (χ3v) is 4.67. The maximum atomic E-state index is 12.8. The fourth-order valence-electron chi connectivity index (χ4n) is 3.25. The predicted octanol–water partition coefficient (Wildman–Crippen LogP) is 0.723. The van der Waals surface area contributed by atoms with Crippen molar-refractivity contribution in [2.75, 3.05) is 33.3 Å². The van der Waals surface area contributed by atoms with Crippen LogP contribution in [0, 0.1) is 5.41 Å². The topological polar surface area (TPSA) is 70.7 Å². The van der Waals surface area contributed by atoms with Gasteiger partial charge in [0, 0.05) is 13.1 Å². The first-order chi connectivity index (χ1) is 9.61. The summed E-state index contributed by atoms with van der Waals surface area (Å²) in [4.78, 5) is 25.9. The maximum Gasteiger partial charge on any atom is 0.407 e. The number of nitrogens with one attached hydrogen (secondary N) is 2. The molecule has 20 heavy (non-hydrogen) atoms. The zero-order chi connectivity index (χ0) is 14.6. The number of rotatable bonds is 3. The van der Waals surface area contributed by atoms with Crippen LogP contribution in [0.15, 0.2) is 0 Å². The van der Waals surface area contributed by atoms with Gasteiger partial charge in [-0.15, -0.1) is 0 Å². The van der Waals surface area contributed by atoms with Crippen molar-refractivity contribution in [3.05, 3.63) is 0 Å². The number of alkyl carbamates (subject to hydrolysis) is 1. The highest BCUT2D eigenvalue weighted by Crippen LogP contribution is 2.35. The first-order valence-corrected chi connectivity index (χ1v) is 7.46. The van der Waals surface area contributed by atoms with Gasteiger partial charge in [0.1, 0.15) is 0 Å². The minimum absolute atomic E-state index is 0.0158. The van der Waals surface area contributed by atoms with Gasteiger partial charge in [0.25, 0.3) is 0 Å². The molecule has 2 fully saturated rings. The molecule has 0 spiro atoms. The van der Waals surface area contributed by atoms with Crippen molar-refractivity contribution in [3.8, 4) is 0 Å². The van der Waals surface area contributed by atoms with E-state index in [1.165, 1.54) is 7.11 Å². The number of ether oxygens (including phenoxy) is 1. The molecule has 2 amide bonds. The van der Waals surface area contributed by atoms with E-state index >= 15 is 0 Å². The molecule has 1 unspecified atom stereocenters. The van der Waals surface area contributed by atoms with Gasteiger partial charge in [-0.2, -0.15) is 0 Å². The summed E-state index contributed by atoms with van der Waals surface area (Å²) in [5.41, 5.74) is -0.203. The van der Waals surface area contributed by atoms with Crippen LogP contribution in [0.5, 0.6) is 0 Å². The van der Waals surface area contributed by atoms with Gasteiger partial charge in [0.15, 0.2) is 0 Å². The van der Waals surface area contributed by atoms with Crippen molar-refractivity contribution in [1.82, 2.24) is 15.5 Å². The Kier molecular flexibility index (Phi) is 4.86. The monoisotopic (exact) mass is 283 g/mol. The predicted molar refractivity (Wildman–Crippen MR) is 75.4 cm³/mol. The van der Waals surface area contributed by atoms with Crippen LogP contribution in [0.2, 0.25) is 0 Å². The van der Waals surface area contributed by atoms with Crippen LogP contribution in [0.25, 0.3) is 0 Å². The summed E-state index contributed by atoms with van der Waals surface area (Å²) in [5, 5.41) is 6.10. The Morgan fingerprint density at radius 2 is 2.10 bits per heavy atom. The minimum atomic E-state index is -0.420. The van der Waals surface area contributed by atoms with Crippen molar-refractivity contribution >= 4 is 12.0 Å². The van der Waals surface area contributed by atoms with Crippen LogP contribution in [0.4, 0.5) is 4.79 Å². The zero-order valence-corrected chi connectivity index (χ0v) is 12.4. The summed E-state index contributed by atoms with van der Waals surface area (Å²) in [7, 11) is 1.36. The molecular formula is C14H25N3O3. The van der Waals surface area contributed by atoms with Gasteiger partial charge in [0.05, 0.1) is 18.6 Å². The molecule has 0 bridgehead atoms. The molecule has 0 aromatic rings. The number of amides is 2. The largest absolute Gasteiger partial charge is 0.453 e. The standard InChI is InChI=1S/C14H25N3O3/c1-3-14(5-7-15-8-6-14)12(18)17-9-4-11(10-17)16-13(19)20-2/h11,15H,3-10H2,1-2H3,(H,16,19). The van der Waals surface area contributed by atoms with Crippen LogP contribution in [0.3, 0.4) is 0 Å². The van der Waals surface area contributed by atoms with Crippen molar-refractivity contribution in [2.45, 2.75) is 38.6 Å². The fourth-order valence-corrected chi connectivity index (χ4v) is 3.25. The SMILES string of the molecule is CCC1(C(=O)N2CCC(NC(=O)OC)C2)CCNCC1. The van der Waals surface area contributed by atoms with E-state index in [4.69, 9.17) is 0 Å². The van der Waals surface area contributed by atoms with E-state index in [0.717, 1.165) is 45.3 Å². The Labute approximate surface area is 120 Å². The van der Waals surface area contributed by atoms with Gasteiger partial charge in [-0.3, -0.25) is 4.79 Å². The number of hydrogen-bond acceptors (Lipinski definition) is 4. The highest BCUT2D eigenvalue weighted by molar-refractivity contribution is 5.83. The summed E-state index contributed by atoms with van der Waals surface area (Å²) < 4.78 is 4.60. The van der Waals surface area contributed by atoms with Gasteiger partial charge < -0.3 is 20.3 Å². The Morgan fingerprint density at radius 1 is 1.40 bits per heavy atom. The van der Waals surface area contributed by atoms with E-state index in [9.17, 15) is 9.59 Å². The average Bonchev–Trinajstić information content (AvgIpc) is 2.95. The van der Waals surface area contributed by atoms with Gasteiger partial charge in [-0.1, -0.05) is 6.92 Å². The average molecular weight is 283 g/mol. The minimum Gasteiger partial charge on any atom is -0.453 e. The van der Waals surface area contributed by atoms with E-state index in [-0.39, 0.29) is 17.4 Å². The van der Waals surface area contributed by atoms with E-state index in [1.54, 1.807) is 0 Å². The molecule has 6 nitrogen and oxygen atoms in total. The molecule has 2 heterocycles. The molecule has 0 aliphatic carbocycles. The lowest BCUT2D eigenvalue weighted by Crippen LogP contribution is -2.49. The Bertz CT molecular complexity index is 367. The Balaban J connectivity index is 1.94. The van der Waals surface area contributed by atoms with Crippen LogP contribution >= 0.6 is 0 Å². The second-order valence-electron chi connectivity index (χ2n) is 5.76. The first-order valence-electron chi connectivity index (χ1n) is 7.46. The lowest BCUT2D eigenvalue weighted by molar-refractivity contribution is -0.143. The molecule has 0 aromatic heterocycles. The number of likely N-dealkylation sites (tertiary alicyclic amines) is 1. The molecule has 6 heteroatoms. The van der Waals surface area contributed by atoms with E-state index in [1.807, 2.05) is 4.90 Å². The Morgan fingerprint density at radius 3 is 2.70 bits per heavy atom. The van der Waals surface area contributed by atoms with Gasteiger partial charge in [-0.25, -0.2) is 4.79 Å². The number of carbonyl (C=O) groups is 2. The van der Waals surface area contributed by atoms with Gasteiger partial charge in [-0.05, 0) is 38.8 Å². The first kappa shape index (κ1) is 15.1. The quantitative estimate of drug-likeness (QED) is 0.801. The zero-order valence-electron chi connectivity index (χ0n) is 12.4. The Hall–Kier alpha value is -1.30. The van der Waals surface area contributed by atoms with Crippen LogP contribution in [-0.2, 0) is 9.53 Å². The number of piperidine rings is 1. The van der Waals surface area contributed by atoms with Crippen molar-refractivity contribution in [1.29, 1.82) is 0 Å². The van der Waals surface area contributed by atoms with Gasteiger partial charge >= 0.3 is 6.09 Å². The van der Waals surface area contributed by atoms with Crippen LogP contribution < -0.4 is 10.6 Å². The molecule has 2 aliphatic rings. The fraction of sp³-hybridized carbons (Fsp3) is 0.857. The molecule has 2 rings (SSSR count). The molecule has 2 N–H and O–H groups in total. The number of methoxy groups -OCH3 is 1. The summed E-state index contributed by atoms with van der Waals surface area (Å²) in [5.74, 6) is 0.260. The van der Waals surface area contributed by atoms with Crippen LogP contribution in [-0.4, -0.2) is 56.2 Å². The lowest BCUT2D eigenvalue weighted by atomic mass is 9.75. The number of carbonyl (C=O) groups excluding carboxylic acids is 2. The summed E-state index contributed by atoms with van der Waals surface area (Å²) in [6, 6.07) is 0.0158. The normalized spacial score (nSPS) is 25.3. The molecule has 2 aliphatic heterocycles. The third kappa shape index (κ3) is 3.06. The third-order valence-electron chi connectivity index (χ3n) is 4.67. The number of hydrogen-bond donors (Lipinski definition) is 2. The van der Waals surface area contributed by atoms with Crippen molar-refractivity contribution in [3.63, 3.8) is 0 Å². The highest BCUT2D eigenvalue weighted by Gasteiger charge is 2.42. The summed E-state index contributed by atoms with van der Waals surface area (Å²) in [6.45, 7) is 5.25. The maximum absolute atomic E-state index is 12.8. The highest BCUT2D eigenvalue weighted by atomic mass is 16.5.